The topological polar surface area (TPSA) is 52.6 Å². The molecule has 0 bridgehead atoms. The molecule has 1 aliphatic rings. The van der Waals surface area contributed by atoms with Gasteiger partial charge in [-0.3, -0.25) is 0 Å². The Bertz CT molecular complexity index is 493. The van der Waals surface area contributed by atoms with Crippen molar-refractivity contribution in [1.29, 1.82) is 0 Å². The zero-order chi connectivity index (χ0) is 14.7. The summed E-state index contributed by atoms with van der Waals surface area (Å²) in [6, 6.07) is 4.68. The molecule has 2 N–H and O–H groups in total. The highest BCUT2D eigenvalue weighted by Crippen LogP contribution is 2.33. The van der Waals surface area contributed by atoms with Crippen LogP contribution in [-0.2, 0) is 0 Å². The molecule has 1 aliphatic heterocycles. The Hall–Kier alpha value is -1.62. The van der Waals surface area contributed by atoms with Crippen LogP contribution in [0.1, 0.15) is 36.9 Å². The SMILES string of the molecule is CCN[C@@H]1CCN(C(=O)O)[C@@H](c2ccc(F)cc2C)C1. The number of nitrogens with one attached hydrogen (secondary N) is 1. The fourth-order valence-corrected chi connectivity index (χ4v) is 2.98. The molecular formula is C15H21FN2O2. The molecule has 2 atom stereocenters. The molecule has 1 aromatic carbocycles. The lowest BCUT2D eigenvalue weighted by Gasteiger charge is -2.39. The van der Waals surface area contributed by atoms with Crippen LogP contribution in [0.15, 0.2) is 18.2 Å². The summed E-state index contributed by atoms with van der Waals surface area (Å²) in [7, 11) is 0. The number of piperidine rings is 1. The lowest BCUT2D eigenvalue weighted by atomic mass is 9.89. The Balaban J connectivity index is 2.28. The van der Waals surface area contributed by atoms with Crippen LogP contribution in [0.4, 0.5) is 9.18 Å². The van der Waals surface area contributed by atoms with Crippen LogP contribution in [0, 0.1) is 12.7 Å². The van der Waals surface area contributed by atoms with E-state index in [-0.39, 0.29) is 11.9 Å². The summed E-state index contributed by atoms with van der Waals surface area (Å²) < 4.78 is 13.2. The third-order valence-corrected chi connectivity index (χ3v) is 3.93. The third kappa shape index (κ3) is 3.10. The van der Waals surface area contributed by atoms with E-state index in [1.165, 1.54) is 17.0 Å². The van der Waals surface area contributed by atoms with Crippen molar-refractivity contribution in [2.24, 2.45) is 0 Å². The first kappa shape index (κ1) is 14.8. The van der Waals surface area contributed by atoms with Crippen LogP contribution >= 0.6 is 0 Å². The number of halogens is 1. The Morgan fingerprint density at radius 2 is 2.30 bits per heavy atom. The summed E-state index contributed by atoms with van der Waals surface area (Å²) >= 11 is 0. The average molecular weight is 280 g/mol. The van der Waals surface area contributed by atoms with Crippen LogP contribution in [0.3, 0.4) is 0 Å². The van der Waals surface area contributed by atoms with Crippen LogP contribution in [0.25, 0.3) is 0 Å². The van der Waals surface area contributed by atoms with E-state index in [9.17, 15) is 14.3 Å². The number of rotatable bonds is 3. The van der Waals surface area contributed by atoms with Crippen molar-refractivity contribution >= 4 is 6.09 Å². The predicted octanol–water partition coefficient (Wildman–Crippen LogP) is 2.93. The number of amides is 1. The number of hydrogen-bond acceptors (Lipinski definition) is 2. The minimum Gasteiger partial charge on any atom is -0.465 e. The molecular weight excluding hydrogens is 259 g/mol. The molecule has 0 aliphatic carbocycles. The Morgan fingerprint density at radius 3 is 2.90 bits per heavy atom. The smallest absolute Gasteiger partial charge is 0.407 e. The van der Waals surface area contributed by atoms with Gasteiger partial charge in [0.15, 0.2) is 0 Å². The molecule has 20 heavy (non-hydrogen) atoms. The zero-order valence-corrected chi connectivity index (χ0v) is 11.9. The van der Waals surface area contributed by atoms with Crippen molar-refractivity contribution in [1.82, 2.24) is 10.2 Å². The molecule has 0 aromatic heterocycles. The van der Waals surface area contributed by atoms with E-state index in [0.29, 0.717) is 12.6 Å². The van der Waals surface area contributed by atoms with E-state index < -0.39 is 6.09 Å². The summed E-state index contributed by atoms with van der Waals surface area (Å²) in [4.78, 5) is 12.9. The van der Waals surface area contributed by atoms with Crippen LogP contribution in [0.5, 0.6) is 0 Å². The molecule has 1 fully saturated rings. The van der Waals surface area contributed by atoms with Gasteiger partial charge in [-0.15, -0.1) is 0 Å². The number of carboxylic acid groups (broad SMARTS) is 1. The van der Waals surface area contributed by atoms with Gasteiger partial charge in [0, 0.05) is 12.6 Å². The van der Waals surface area contributed by atoms with Crippen LogP contribution < -0.4 is 5.32 Å². The monoisotopic (exact) mass is 280 g/mol. The highest BCUT2D eigenvalue weighted by molar-refractivity contribution is 5.66. The molecule has 0 unspecified atom stereocenters. The minimum atomic E-state index is -0.909. The molecule has 0 radical (unpaired) electrons. The molecule has 0 saturated carbocycles. The second-order valence-corrected chi connectivity index (χ2v) is 5.27. The molecule has 110 valence electrons. The van der Waals surface area contributed by atoms with Gasteiger partial charge in [-0.2, -0.15) is 0 Å². The highest BCUT2D eigenvalue weighted by Gasteiger charge is 2.33. The van der Waals surface area contributed by atoms with Crippen LogP contribution in [0.2, 0.25) is 0 Å². The molecule has 1 amide bonds. The van der Waals surface area contributed by atoms with Gasteiger partial charge < -0.3 is 15.3 Å². The van der Waals surface area contributed by atoms with Crippen molar-refractivity contribution in [2.75, 3.05) is 13.1 Å². The lowest BCUT2D eigenvalue weighted by Crippen LogP contribution is -2.46. The normalized spacial score (nSPS) is 22.9. The lowest BCUT2D eigenvalue weighted by molar-refractivity contribution is 0.0964. The molecule has 4 nitrogen and oxygen atoms in total. The first-order valence-corrected chi connectivity index (χ1v) is 7.02. The van der Waals surface area contributed by atoms with Gasteiger partial charge in [0.1, 0.15) is 5.82 Å². The van der Waals surface area contributed by atoms with Crippen molar-refractivity contribution in [2.45, 2.75) is 38.8 Å². The summed E-state index contributed by atoms with van der Waals surface area (Å²) in [6.45, 7) is 5.25. The van der Waals surface area contributed by atoms with Crippen LogP contribution in [-0.4, -0.2) is 35.2 Å². The number of likely N-dealkylation sites (tertiary alicyclic amines) is 1. The molecule has 1 saturated heterocycles. The minimum absolute atomic E-state index is 0.203. The molecule has 0 spiro atoms. The summed E-state index contributed by atoms with van der Waals surface area (Å²) in [5.41, 5.74) is 1.70. The Morgan fingerprint density at radius 1 is 1.55 bits per heavy atom. The van der Waals surface area contributed by atoms with Gasteiger partial charge in [0.05, 0.1) is 6.04 Å². The van der Waals surface area contributed by atoms with E-state index in [1.54, 1.807) is 6.07 Å². The summed E-state index contributed by atoms with van der Waals surface area (Å²) in [5.74, 6) is -0.285. The number of carbonyl (C=O) groups is 1. The average Bonchev–Trinajstić information content (AvgIpc) is 2.38. The maximum atomic E-state index is 13.2. The number of aryl methyl sites for hydroxylation is 1. The second kappa shape index (κ2) is 6.22. The Kier molecular flexibility index (Phi) is 4.60. The van der Waals surface area contributed by atoms with Gasteiger partial charge in [0.2, 0.25) is 0 Å². The fraction of sp³-hybridized carbons (Fsp3) is 0.533. The first-order chi connectivity index (χ1) is 9.52. The maximum Gasteiger partial charge on any atom is 0.407 e. The van der Waals surface area contributed by atoms with Gasteiger partial charge >= 0.3 is 6.09 Å². The molecule has 5 heteroatoms. The van der Waals surface area contributed by atoms with Gasteiger partial charge in [-0.1, -0.05) is 13.0 Å². The van der Waals surface area contributed by atoms with Crippen molar-refractivity contribution in [3.63, 3.8) is 0 Å². The van der Waals surface area contributed by atoms with E-state index in [2.05, 4.69) is 5.32 Å². The number of hydrogen-bond donors (Lipinski definition) is 2. The zero-order valence-electron chi connectivity index (χ0n) is 11.9. The maximum absolute atomic E-state index is 13.2. The van der Waals surface area contributed by atoms with Gasteiger partial charge in [-0.05, 0) is 49.6 Å². The first-order valence-electron chi connectivity index (χ1n) is 7.02. The van der Waals surface area contributed by atoms with E-state index in [1.807, 2.05) is 13.8 Å². The van der Waals surface area contributed by atoms with Crippen molar-refractivity contribution in [3.8, 4) is 0 Å². The molecule has 1 aromatic rings. The fourth-order valence-electron chi connectivity index (χ4n) is 2.98. The molecule has 2 rings (SSSR count). The standard InChI is InChI=1S/C15H21FN2O2/c1-3-17-12-6-7-18(15(19)20)14(9-12)13-5-4-11(16)8-10(13)2/h4-5,8,12,14,17H,3,6-7,9H2,1-2H3,(H,19,20)/t12-,14-/m1/s1. The number of benzene rings is 1. The predicted molar refractivity (Wildman–Crippen MR) is 75.3 cm³/mol. The highest BCUT2D eigenvalue weighted by atomic mass is 19.1. The quantitative estimate of drug-likeness (QED) is 0.895. The van der Waals surface area contributed by atoms with E-state index >= 15 is 0 Å². The largest absolute Gasteiger partial charge is 0.465 e. The van der Waals surface area contributed by atoms with Crippen molar-refractivity contribution in [3.05, 3.63) is 35.1 Å². The van der Waals surface area contributed by atoms with E-state index in [0.717, 1.165) is 30.5 Å². The number of nitrogens with zero attached hydrogens (tertiary/aromatic N) is 1. The summed E-state index contributed by atoms with van der Waals surface area (Å²) in [5, 5.41) is 12.7. The second-order valence-electron chi connectivity index (χ2n) is 5.27. The van der Waals surface area contributed by atoms with Crippen molar-refractivity contribution < 1.29 is 14.3 Å². The molecule has 1 heterocycles. The summed E-state index contributed by atoms with van der Waals surface area (Å²) in [6.07, 6.45) is 0.636. The van der Waals surface area contributed by atoms with Gasteiger partial charge in [-0.25, -0.2) is 9.18 Å². The third-order valence-electron chi connectivity index (χ3n) is 3.93. The van der Waals surface area contributed by atoms with Gasteiger partial charge in [0.25, 0.3) is 0 Å². The van der Waals surface area contributed by atoms with E-state index in [4.69, 9.17) is 0 Å². The Labute approximate surface area is 118 Å².